The molecule has 14 N–H and O–H groups in total. The third kappa shape index (κ3) is 16.0. The van der Waals surface area contributed by atoms with Gasteiger partial charge in [-0.2, -0.15) is 0 Å². The van der Waals surface area contributed by atoms with Crippen LogP contribution < -0.4 is 43.8 Å². The van der Waals surface area contributed by atoms with Gasteiger partial charge in [-0.1, -0.05) is 20.3 Å². The van der Waals surface area contributed by atoms with Crippen LogP contribution >= 0.6 is 0 Å². The average Bonchev–Trinajstić information content (AvgIpc) is 3.56. The number of aliphatic carboxylic acids is 2. The van der Waals surface area contributed by atoms with Crippen LogP contribution in [0.3, 0.4) is 0 Å². The van der Waals surface area contributed by atoms with E-state index in [1.807, 2.05) is 6.92 Å². The van der Waals surface area contributed by atoms with E-state index in [1.54, 1.807) is 6.92 Å². The van der Waals surface area contributed by atoms with E-state index < -0.39 is 103 Å². The molecule has 0 bridgehead atoms. The van der Waals surface area contributed by atoms with Crippen molar-refractivity contribution in [1.29, 1.82) is 0 Å². The van der Waals surface area contributed by atoms with Crippen molar-refractivity contribution in [3.63, 3.8) is 0 Å². The number of H-pyrrole nitrogens is 1. The first-order valence-electron chi connectivity index (χ1n) is 15.7. The van der Waals surface area contributed by atoms with Gasteiger partial charge in [-0.05, 0) is 38.1 Å². The Morgan fingerprint density at radius 1 is 0.857 bits per heavy atom. The number of carbonyl (C=O) groups is 8. The van der Waals surface area contributed by atoms with Crippen molar-refractivity contribution >= 4 is 47.4 Å². The number of nitrogens with two attached hydrogens (primary N) is 3. The third-order valence-corrected chi connectivity index (χ3v) is 7.49. The summed E-state index contributed by atoms with van der Waals surface area (Å²) in [7, 11) is 0. The Balaban J connectivity index is 3.11. The number of primary amides is 1. The Kier molecular flexibility index (Phi) is 18.6. The average molecular weight is 697 g/mol. The zero-order chi connectivity index (χ0) is 37.1. The lowest BCUT2D eigenvalue weighted by Gasteiger charge is -2.26. The van der Waals surface area contributed by atoms with Crippen molar-refractivity contribution in [2.45, 2.75) is 95.4 Å². The molecule has 1 aromatic rings. The SMILES string of the molecule is CC[C@H](C)[C@H](N)C(=O)N[C@@H](Cc1cnc[nH]1)C(=O)N[C@@H](CCC(=O)O)C(=O)N[C@@H](CC(N)=O)C(=O)NCC(=O)N[C@@H](CCCCN)C(=O)O. The van der Waals surface area contributed by atoms with Crippen LogP contribution in [0.2, 0.25) is 0 Å². The van der Waals surface area contributed by atoms with Crippen LogP contribution in [0.4, 0.5) is 0 Å². The standard InChI is InChI=1S/C29H48N10O10/c1-3-15(2)24(32)28(47)39-19(10-16-12-33-14-35-16)27(46)37-17(7-8-23(42)43)26(45)38-20(11-21(31)40)25(44)34-13-22(41)36-18(29(48)49)6-4-5-9-30/h12,14-15,17-20,24H,3-11,13,30,32H2,1-2H3,(H2,31,40)(H,33,35)(H,34,44)(H,36,41)(H,37,46)(H,38,45)(H,39,47)(H,42,43)(H,48,49)/t15-,17-,18-,19-,20-,24-/m0/s1. The maximum Gasteiger partial charge on any atom is 0.326 e. The van der Waals surface area contributed by atoms with Gasteiger partial charge >= 0.3 is 11.9 Å². The van der Waals surface area contributed by atoms with Crippen LogP contribution in [0.15, 0.2) is 12.5 Å². The minimum atomic E-state index is -1.67. The number of aromatic nitrogens is 2. The Bertz CT molecular complexity index is 1290. The fourth-order valence-corrected chi connectivity index (χ4v) is 4.38. The Hall–Kier alpha value is -5.11. The molecule has 0 saturated heterocycles. The molecule has 1 heterocycles. The highest BCUT2D eigenvalue weighted by molar-refractivity contribution is 5.97. The van der Waals surface area contributed by atoms with Gasteiger partial charge in [0.1, 0.15) is 24.2 Å². The molecule has 1 aromatic heterocycles. The predicted octanol–water partition coefficient (Wildman–Crippen LogP) is -3.67. The summed E-state index contributed by atoms with van der Waals surface area (Å²) in [5.41, 5.74) is 17.1. The van der Waals surface area contributed by atoms with Crippen molar-refractivity contribution in [2.75, 3.05) is 13.1 Å². The molecule has 6 atom stereocenters. The van der Waals surface area contributed by atoms with E-state index in [1.165, 1.54) is 12.5 Å². The van der Waals surface area contributed by atoms with Crippen LogP contribution in [-0.4, -0.2) is 111 Å². The maximum absolute atomic E-state index is 13.4. The molecule has 0 spiro atoms. The number of nitrogens with zero attached hydrogens (tertiary/aromatic N) is 1. The van der Waals surface area contributed by atoms with Gasteiger partial charge in [0.15, 0.2) is 0 Å². The summed E-state index contributed by atoms with van der Waals surface area (Å²) in [4.78, 5) is 106. The Labute approximate surface area is 282 Å². The van der Waals surface area contributed by atoms with Gasteiger partial charge in [-0.3, -0.25) is 33.6 Å². The number of carboxylic acid groups (broad SMARTS) is 2. The number of carboxylic acids is 2. The highest BCUT2D eigenvalue weighted by Crippen LogP contribution is 2.08. The molecule has 6 amide bonds. The van der Waals surface area contributed by atoms with E-state index in [4.69, 9.17) is 17.2 Å². The van der Waals surface area contributed by atoms with Crippen LogP contribution in [-0.2, 0) is 44.8 Å². The van der Waals surface area contributed by atoms with Gasteiger partial charge in [-0.15, -0.1) is 0 Å². The second kappa shape index (κ2) is 21.7. The monoisotopic (exact) mass is 696 g/mol. The Morgan fingerprint density at radius 3 is 2.04 bits per heavy atom. The van der Waals surface area contributed by atoms with E-state index in [-0.39, 0.29) is 18.8 Å². The number of hydrogen-bond acceptors (Lipinski definition) is 11. The number of amides is 6. The van der Waals surface area contributed by atoms with Gasteiger partial charge in [0.25, 0.3) is 0 Å². The predicted molar refractivity (Wildman–Crippen MR) is 172 cm³/mol. The van der Waals surface area contributed by atoms with Crippen molar-refractivity contribution in [1.82, 2.24) is 36.6 Å². The molecule has 0 fully saturated rings. The first-order chi connectivity index (χ1) is 23.1. The fraction of sp³-hybridized carbons (Fsp3) is 0.621. The summed E-state index contributed by atoms with van der Waals surface area (Å²) >= 11 is 0. The summed E-state index contributed by atoms with van der Waals surface area (Å²) in [6, 6.07) is -6.76. The quantitative estimate of drug-likeness (QED) is 0.0465. The first-order valence-corrected chi connectivity index (χ1v) is 15.7. The summed E-state index contributed by atoms with van der Waals surface area (Å²) in [6.07, 6.45) is 2.46. The molecule has 0 aromatic carbocycles. The van der Waals surface area contributed by atoms with Crippen LogP contribution in [0, 0.1) is 5.92 Å². The molecule has 274 valence electrons. The third-order valence-electron chi connectivity index (χ3n) is 7.49. The second-order valence-corrected chi connectivity index (χ2v) is 11.4. The lowest BCUT2D eigenvalue weighted by Crippen LogP contribution is -2.59. The van der Waals surface area contributed by atoms with Gasteiger partial charge in [-0.25, -0.2) is 9.78 Å². The summed E-state index contributed by atoms with van der Waals surface area (Å²) in [6.45, 7) is 3.19. The number of rotatable bonds is 24. The molecule has 20 heteroatoms. The topological polar surface area (TPSA) is 344 Å². The van der Waals surface area contributed by atoms with Crippen LogP contribution in [0.5, 0.6) is 0 Å². The first kappa shape index (κ1) is 41.9. The normalized spacial score (nSPS) is 14.5. The van der Waals surface area contributed by atoms with Crippen molar-refractivity contribution in [2.24, 2.45) is 23.1 Å². The van der Waals surface area contributed by atoms with E-state index >= 15 is 0 Å². The highest BCUT2D eigenvalue weighted by atomic mass is 16.4. The van der Waals surface area contributed by atoms with Gasteiger partial charge < -0.3 is 59.0 Å². The Morgan fingerprint density at radius 2 is 1.49 bits per heavy atom. The molecule has 49 heavy (non-hydrogen) atoms. The molecular weight excluding hydrogens is 648 g/mol. The summed E-state index contributed by atoms with van der Waals surface area (Å²) < 4.78 is 0. The zero-order valence-electron chi connectivity index (χ0n) is 27.5. The van der Waals surface area contributed by atoms with Crippen molar-refractivity contribution in [3.05, 3.63) is 18.2 Å². The lowest BCUT2D eigenvalue weighted by atomic mass is 9.98. The minimum Gasteiger partial charge on any atom is -0.481 e. The van der Waals surface area contributed by atoms with Crippen LogP contribution in [0.1, 0.15) is 64.5 Å². The molecule has 0 aliphatic rings. The molecule has 0 aliphatic heterocycles. The van der Waals surface area contributed by atoms with E-state index in [9.17, 15) is 48.6 Å². The highest BCUT2D eigenvalue weighted by Gasteiger charge is 2.32. The van der Waals surface area contributed by atoms with E-state index in [0.717, 1.165) is 0 Å². The number of unbranched alkanes of at least 4 members (excludes halogenated alkanes) is 1. The van der Waals surface area contributed by atoms with Gasteiger partial charge in [0, 0.05) is 24.7 Å². The summed E-state index contributed by atoms with van der Waals surface area (Å²) in [5, 5.41) is 30.2. The second-order valence-electron chi connectivity index (χ2n) is 11.4. The number of nitrogens with one attached hydrogen (secondary N) is 6. The lowest BCUT2D eigenvalue weighted by molar-refractivity contribution is -0.142. The van der Waals surface area contributed by atoms with Crippen molar-refractivity contribution in [3.8, 4) is 0 Å². The van der Waals surface area contributed by atoms with Gasteiger partial charge in [0.2, 0.25) is 35.4 Å². The number of hydrogen-bond donors (Lipinski definition) is 11. The molecule has 20 nitrogen and oxygen atoms in total. The molecule has 1 rings (SSSR count). The molecular formula is C29H48N10O10. The molecule has 0 radical (unpaired) electrons. The maximum atomic E-state index is 13.4. The van der Waals surface area contributed by atoms with Gasteiger partial charge in [0.05, 0.1) is 25.3 Å². The van der Waals surface area contributed by atoms with Crippen LogP contribution in [0.25, 0.3) is 0 Å². The summed E-state index contributed by atoms with van der Waals surface area (Å²) in [5.74, 6) is -8.40. The molecule has 0 unspecified atom stereocenters. The van der Waals surface area contributed by atoms with E-state index in [2.05, 4.69) is 36.6 Å². The number of aromatic amines is 1. The number of carbonyl (C=O) groups excluding carboxylic acids is 6. The largest absolute Gasteiger partial charge is 0.481 e. The minimum absolute atomic E-state index is 0.0904. The fourth-order valence-electron chi connectivity index (χ4n) is 4.38. The van der Waals surface area contributed by atoms with Crippen molar-refractivity contribution < 1.29 is 48.6 Å². The zero-order valence-corrected chi connectivity index (χ0v) is 27.5. The molecule has 0 saturated carbocycles. The van der Waals surface area contributed by atoms with E-state index in [0.29, 0.717) is 31.5 Å². The molecule has 0 aliphatic carbocycles. The smallest absolute Gasteiger partial charge is 0.326 e. The number of imidazole rings is 1.